The van der Waals surface area contributed by atoms with Crippen molar-refractivity contribution in [1.82, 2.24) is 0 Å². The molecule has 0 bridgehead atoms. The van der Waals surface area contributed by atoms with Crippen LogP contribution in [-0.4, -0.2) is 5.91 Å². The molecular formula is C14H20Br2N2O. The first-order valence-electron chi connectivity index (χ1n) is 6.31. The number of nitrogen functional groups attached to an aromatic ring is 1. The predicted molar refractivity (Wildman–Crippen MR) is 88.4 cm³/mol. The minimum Gasteiger partial charge on any atom is -0.397 e. The van der Waals surface area contributed by atoms with Gasteiger partial charge >= 0.3 is 0 Å². The fourth-order valence-corrected chi connectivity index (χ4v) is 3.47. The standard InChI is InChI=1S/C14H20Br2N2O/c1-7(2)5-11(19)18-10-6-9(15)14(17)13(16)12(10)8(3)4/h6-8H,5,17H2,1-4H3,(H,18,19). The Balaban J connectivity index is 3.16. The molecule has 3 N–H and O–H groups in total. The van der Waals surface area contributed by atoms with Crippen molar-refractivity contribution in [3.8, 4) is 0 Å². The zero-order valence-corrected chi connectivity index (χ0v) is 14.9. The summed E-state index contributed by atoms with van der Waals surface area (Å²) in [6.07, 6.45) is 0.511. The van der Waals surface area contributed by atoms with E-state index in [9.17, 15) is 4.79 Å². The fourth-order valence-electron chi connectivity index (χ4n) is 1.89. The van der Waals surface area contributed by atoms with Crippen molar-refractivity contribution in [3.05, 3.63) is 20.6 Å². The molecule has 5 heteroatoms. The van der Waals surface area contributed by atoms with Crippen molar-refractivity contribution in [2.45, 2.75) is 40.0 Å². The van der Waals surface area contributed by atoms with Crippen LogP contribution in [0.25, 0.3) is 0 Å². The van der Waals surface area contributed by atoms with E-state index in [1.54, 1.807) is 0 Å². The average molecular weight is 392 g/mol. The molecule has 0 fully saturated rings. The number of hydrogen-bond acceptors (Lipinski definition) is 2. The van der Waals surface area contributed by atoms with E-state index in [4.69, 9.17) is 5.73 Å². The maximum Gasteiger partial charge on any atom is 0.224 e. The van der Waals surface area contributed by atoms with E-state index in [2.05, 4.69) is 51.0 Å². The lowest BCUT2D eigenvalue weighted by Gasteiger charge is -2.19. The highest BCUT2D eigenvalue weighted by Crippen LogP contribution is 2.40. The second-order valence-corrected chi connectivity index (χ2v) is 7.00. The topological polar surface area (TPSA) is 55.1 Å². The van der Waals surface area contributed by atoms with E-state index < -0.39 is 0 Å². The molecule has 0 saturated carbocycles. The SMILES string of the molecule is CC(C)CC(=O)Nc1cc(Br)c(N)c(Br)c1C(C)C. The lowest BCUT2D eigenvalue weighted by atomic mass is 10.00. The summed E-state index contributed by atoms with van der Waals surface area (Å²) in [5.41, 5.74) is 8.49. The zero-order valence-electron chi connectivity index (χ0n) is 11.7. The van der Waals surface area contributed by atoms with E-state index in [0.29, 0.717) is 18.0 Å². The summed E-state index contributed by atoms with van der Waals surface area (Å²) < 4.78 is 1.63. The van der Waals surface area contributed by atoms with Crippen LogP contribution in [0, 0.1) is 5.92 Å². The van der Waals surface area contributed by atoms with Crippen molar-refractivity contribution in [2.75, 3.05) is 11.1 Å². The predicted octanol–water partition coefficient (Wildman–Crippen LogP) is 4.90. The molecule has 1 rings (SSSR count). The Morgan fingerprint density at radius 1 is 1.32 bits per heavy atom. The van der Waals surface area contributed by atoms with Gasteiger partial charge < -0.3 is 11.1 Å². The Bertz CT molecular complexity index is 485. The smallest absolute Gasteiger partial charge is 0.224 e. The second-order valence-electron chi connectivity index (χ2n) is 5.35. The number of anilines is 2. The summed E-state index contributed by atoms with van der Waals surface area (Å²) in [6.45, 7) is 8.20. The quantitative estimate of drug-likeness (QED) is 0.717. The monoisotopic (exact) mass is 390 g/mol. The van der Waals surface area contributed by atoms with Gasteiger partial charge in [0.1, 0.15) is 0 Å². The summed E-state index contributed by atoms with van der Waals surface area (Å²) in [7, 11) is 0. The van der Waals surface area contributed by atoms with Gasteiger partial charge in [-0.25, -0.2) is 0 Å². The molecule has 1 aromatic rings. The average Bonchev–Trinajstić information content (AvgIpc) is 2.24. The highest BCUT2D eigenvalue weighted by molar-refractivity contribution is 9.11. The summed E-state index contributed by atoms with van der Waals surface area (Å²) in [6, 6.07) is 1.87. The Morgan fingerprint density at radius 3 is 2.37 bits per heavy atom. The van der Waals surface area contributed by atoms with Gasteiger partial charge in [0.05, 0.1) is 5.69 Å². The van der Waals surface area contributed by atoms with Crippen LogP contribution in [0.2, 0.25) is 0 Å². The number of nitrogens with one attached hydrogen (secondary N) is 1. The van der Waals surface area contributed by atoms with Gasteiger partial charge in [0.15, 0.2) is 0 Å². The minimum atomic E-state index is 0.0282. The Labute approximate surface area is 131 Å². The summed E-state index contributed by atoms with van der Waals surface area (Å²) in [5, 5.41) is 2.98. The summed E-state index contributed by atoms with van der Waals surface area (Å²) in [4.78, 5) is 11.9. The van der Waals surface area contributed by atoms with Crippen LogP contribution < -0.4 is 11.1 Å². The first-order chi connectivity index (χ1) is 8.73. The van der Waals surface area contributed by atoms with E-state index in [0.717, 1.165) is 20.2 Å². The van der Waals surface area contributed by atoms with Gasteiger partial charge in [-0.2, -0.15) is 0 Å². The van der Waals surface area contributed by atoms with E-state index in [1.165, 1.54) is 0 Å². The van der Waals surface area contributed by atoms with Crippen LogP contribution in [0.3, 0.4) is 0 Å². The third-order valence-corrected chi connectivity index (χ3v) is 4.25. The molecule has 19 heavy (non-hydrogen) atoms. The maximum atomic E-state index is 11.9. The van der Waals surface area contributed by atoms with E-state index >= 15 is 0 Å². The molecule has 0 aliphatic heterocycles. The fraction of sp³-hybridized carbons (Fsp3) is 0.500. The number of nitrogens with two attached hydrogens (primary N) is 1. The second kappa shape index (κ2) is 6.75. The molecule has 0 unspecified atom stereocenters. The number of hydrogen-bond donors (Lipinski definition) is 2. The number of carbonyl (C=O) groups excluding carboxylic acids is 1. The van der Waals surface area contributed by atoms with Crippen molar-refractivity contribution >= 4 is 49.1 Å². The van der Waals surface area contributed by atoms with Crippen molar-refractivity contribution in [1.29, 1.82) is 0 Å². The number of rotatable bonds is 4. The van der Waals surface area contributed by atoms with Crippen LogP contribution in [-0.2, 0) is 4.79 Å². The number of benzene rings is 1. The molecule has 0 saturated heterocycles. The molecule has 3 nitrogen and oxygen atoms in total. The first kappa shape index (κ1) is 16.5. The van der Waals surface area contributed by atoms with Crippen LogP contribution in [0.1, 0.15) is 45.6 Å². The maximum absolute atomic E-state index is 11.9. The molecule has 0 heterocycles. The molecular weight excluding hydrogens is 372 g/mol. The summed E-state index contributed by atoms with van der Waals surface area (Å²) >= 11 is 6.93. The van der Waals surface area contributed by atoms with Crippen LogP contribution in [0.15, 0.2) is 15.0 Å². The highest BCUT2D eigenvalue weighted by atomic mass is 79.9. The third-order valence-electron chi connectivity index (χ3n) is 2.74. The van der Waals surface area contributed by atoms with Crippen LogP contribution in [0.5, 0.6) is 0 Å². The minimum absolute atomic E-state index is 0.0282. The Kier molecular flexibility index (Phi) is 5.86. The van der Waals surface area contributed by atoms with Crippen molar-refractivity contribution < 1.29 is 4.79 Å². The summed E-state index contributed by atoms with van der Waals surface area (Å²) in [5.74, 6) is 0.628. The Hall–Kier alpha value is -0.550. The molecule has 0 atom stereocenters. The number of halogens is 2. The molecule has 106 valence electrons. The lowest BCUT2D eigenvalue weighted by molar-refractivity contribution is -0.116. The number of amides is 1. The molecule has 0 radical (unpaired) electrons. The lowest BCUT2D eigenvalue weighted by Crippen LogP contribution is -2.16. The van der Waals surface area contributed by atoms with E-state index in [1.807, 2.05) is 19.9 Å². The van der Waals surface area contributed by atoms with Gasteiger partial charge in [-0.15, -0.1) is 0 Å². The van der Waals surface area contributed by atoms with Gasteiger partial charge in [0.25, 0.3) is 0 Å². The van der Waals surface area contributed by atoms with Gasteiger partial charge in [0, 0.05) is 21.1 Å². The van der Waals surface area contributed by atoms with E-state index in [-0.39, 0.29) is 11.8 Å². The molecule has 0 spiro atoms. The van der Waals surface area contributed by atoms with Gasteiger partial charge in [0.2, 0.25) is 5.91 Å². The third kappa shape index (κ3) is 4.21. The van der Waals surface area contributed by atoms with Gasteiger partial charge in [-0.3, -0.25) is 4.79 Å². The number of carbonyl (C=O) groups is 1. The van der Waals surface area contributed by atoms with Gasteiger partial charge in [-0.05, 0) is 55.3 Å². The molecule has 0 aromatic heterocycles. The Morgan fingerprint density at radius 2 is 1.89 bits per heavy atom. The van der Waals surface area contributed by atoms with Crippen LogP contribution >= 0.6 is 31.9 Å². The molecule has 0 aliphatic carbocycles. The molecule has 0 aliphatic rings. The van der Waals surface area contributed by atoms with Crippen molar-refractivity contribution in [2.24, 2.45) is 5.92 Å². The van der Waals surface area contributed by atoms with Crippen LogP contribution in [0.4, 0.5) is 11.4 Å². The molecule has 1 aromatic carbocycles. The first-order valence-corrected chi connectivity index (χ1v) is 7.89. The van der Waals surface area contributed by atoms with Gasteiger partial charge in [-0.1, -0.05) is 27.7 Å². The largest absolute Gasteiger partial charge is 0.397 e. The zero-order chi connectivity index (χ0) is 14.7. The highest BCUT2D eigenvalue weighted by Gasteiger charge is 2.18. The van der Waals surface area contributed by atoms with Crippen molar-refractivity contribution in [3.63, 3.8) is 0 Å². The molecule has 1 amide bonds. The normalized spacial score (nSPS) is 11.2.